The van der Waals surface area contributed by atoms with Gasteiger partial charge in [0.2, 0.25) is 6.41 Å². The second-order valence-corrected chi connectivity index (χ2v) is 8.38. The Morgan fingerprint density at radius 3 is 2.62 bits per heavy atom. The first-order chi connectivity index (χ1) is 11.1. The Morgan fingerprint density at radius 1 is 1.38 bits per heavy atom. The van der Waals surface area contributed by atoms with Crippen molar-refractivity contribution in [2.45, 2.75) is 46.2 Å². The first-order valence-corrected chi connectivity index (χ1v) is 8.37. The number of nitrogens with one attached hydrogen (secondary N) is 1. The Labute approximate surface area is 143 Å². The summed E-state index contributed by atoms with van der Waals surface area (Å²) in [7, 11) is 0. The molecule has 6 nitrogen and oxygen atoms in total. The molecule has 1 aliphatic rings. The van der Waals surface area contributed by atoms with Gasteiger partial charge in [0.25, 0.3) is 0 Å². The van der Waals surface area contributed by atoms with Gasteiger partial charge in [0, 0.05) is 30.7 Å². The van der Waals surface area contributed by atoms with Gasteiger partial charge in [0.05, 0.1) is 22.4 Å². The van der Waals surface area contributed by atoms with E-state index < -0.39 is 0 Å². The minimum Gasteiger partial charge on any atom is -0.367 e. The van der Waals surface area contributed by atoms with Crippen LogP contribution in [0.25, 0.3) is 10.9 Å². The van der Waals surface area contributed by atoms with Gasteiger partial charge in [-0.25, -0.2) is 0 Å². The molecule has 0 radical (unpaired) electrons. The van der Waals surface area contributed by atoms with Crippen LogP contribution >= 0.6 is 0 Å². The minimum atomic E-state index is -0.102. The number of carbonyl (C=O) groups is 1. The summed E-state index contributed by atoms with van der Waals surface area (Å²) < 4.78 is 1.98. The van der Waals surface area contributed by atoms with Gasteiger partial charge in [-0.15, -0.1) is 0 Å². The Kier molecular flexibility index (Phi) is 3.83. The van der Waals surface area contributed by atoms with Crippen molar-refractivity contribution < 1.29 is 4.79 Å². The summed E-state index contributed by atoms with van der Waals surface area (Å²) in [6, 6.07) is 3.96. The third-order valence-electron chi connectivity index (χ3n) is 4.90. The molecule has 0 spiro atoms. The number of aromatic nitrogens is 2. The van der Waals surface area contributed by atoms with Gasteiger partial charge in [-0.1, -0.05) is 13.8 Å². The fourth-order valence-electron chi connectivity index (χ4n) is 3.27. The SMILES string of the molecule is CC1(C)CN(c2c(NC=O)ccc3nn(C(C)(C)C)cc23)CC1N. The van der Waals surface area contributed by atoms with Crippen LogP contribution in [0.15, 0.2) is 18.3 Å². The van der Waals surface area contributed by atoms with E-state index in [-0.39, 0.29) is 17.0 Å². The van der Waals surface area contributed by atoms with Crippen LogP contribution in [0, 0.1) is 5.41 Å². The summed E-state index contributed by atoms with van der Waals surface area (Å²) in [6.07, 6.45) is 2.79. The van der Waals surface area contributed by atoms with Crippen LogP contribution in [0.4, 0.5) is 11.4 Å². The molecule has 0 bridgehead atoms. The van der Waals surface area contributed by atoms with E-state index in [0.29, 0.717) is 0 Å². The van der Waals surface area contributed by atoms with Gasteiger partial charge in [-0.2, -0.15) is 5.10 Å². The van der Waals surface area contributed by atoms with Crippen LogP contribution in [0.1, 0.15) is 34.6 Å². The van der Waals surface area contributed by atoms with Gasteiger partial charge < -0.3 is 16.0 Å². The number of hydrogen-bond acceptors (Lipinski definition) is 4. The lowest BCUT2D eigenvalue weighted by Gasteiger charge is -2.24. The summed E-state index contributed by atoms with van der Waals surface area (Å²) in [6.45, 7) is 12.3. The molecule has 2 heterocycles. The number of carbonyl (C=O) groups excluding carboxylic acids is 1. The lowest BCUT2D eigenvalue weighted by Crippen LogP contribution is -2.35. The Balaban J connectivity index is 2.17. The van der Waals surface area contributed by atoms with E-state index in [9.17, 15) is 4.79 Å². The van der Waals surface area contributed by atoms with Crippen LogP contribution in [0.3, 0.4) is 0 Å². The van der Waals surface area contributed by atoms with E-state index >= 15 is 0 Å². The maximum absolute atomic E-state index is 11.1. The molecule has 0 aliphatic carbocycles. The van der Waals surface area contributed by atoms with E-state index in [1.807, 2.05) is 16.8 Å². The molecule has 2 aromatic rings. The zero-order valence-electron chi connectivity index (χ0n) is 15.1. The zero-order chi connectivity index (χ0) is 17.7. The van der Waals surface area contributed by atoms with Crippen molar-refractivity contribution in [1.82, 2.24) is 9.78 Å². The van der Waals surface area contributed by atoms with E-state index in [1.54, 1.807) is 0 Å². The lowest BCUT2D eigenvalue weighted by molar-refractivity contribution is -0.105. The predicted molar refractivity (Wildman–Crippen MR) is 98.4 cm³/mol. The molecule has 1 amide bonds. The molecule has 3 N–H and O–H groups in total. The average Bonchev–Trinajstić information content (AvgIpc) is 3.00. The fourth-order valence-corrected chi connectivity index (χ4v) is 3.27. The third kappa shape index (κ3) is 2.75. The smallest absolute Gasteiger partial charge is 0.211 e. The molecule has 3 rings (SSSR count). The van der Waals surface area contributed by atoms with Crippen LogP contribution in [0.2, 0.25) is 0 Å². The van der Waals surface area contributed by atoms with Gasteiger partial charge >= 0.3 is 0 Å². The van der Waals surface area contributed by atoms with Gasteiger partial charge in [-0.05, 0) is 38.3 Å². The van der Waals surface area contributed by atoms with Crippen molar-refractivity contribution in [3.8, 4) is 0 Å². The number of nitrogens with zero attached hydrogens (tertiary/aromatic N) is 3. The lowest BCUT2D eigenvalue weighted by atomic mass is 9.89. The quantitative estimate of drug-likeness (QED) is 0.849. The van der Waals surface area contributed by atoms with Crippen molar-refractivity contribution >= 4 is 28.7 Å². The number of anilines is 2. The fraction of sp³-hybridized carbons (Fsp3) is 0.556. The Morgan fingerprint density at radius 2 is 2.08 bits per heavy atom. The number of hydrogen-bond donors (Lipinski definition) is 2. The number of fused-ring (bicyclic) bond motifs is 1. The van der Waals surface area contributed by atoms with Crippen LogP contribution in [0.5, 0.6) is 0 Å². The van der Waals surface area contributed by atoms with Gasteiger partial charge in [0.15, 0.2) is 0 Å². The maximum Gasteiger partial charge on any atom is 0.211 e. The van der Waals surface area contributed by atoms with E-state index in [0.717, 1.165) is 41.8 Å². The monoisotopic (exact) mass is 329 g/mol. The van der Waals surface area contributed by atoms with Crippen LogP contribution in [-0.4, -0.2) is 35.3 Å². The molecule has 1 aliphatic heterocycles. The molecule has 6 heteroatoms. The summed E-state index contributed by atoms with van der Waals surface area (Å²) in [4.78, 5) is 13.3. The second-order valence-electron chi connectivity index (χ2n) is 8.38. The number of nitrogens with two attached hydrogens (primary N) is 1. The molecule has 1 unspecified atom stereocenters. The summed E-state index contributed by atoms with van der Waals surface area (Å²) in [5.41, 5.74) is 8.99. The van der Waals surface area contributed by atoms with Crippen molar-refractivity contribution in [2.75, 3.05) is 23.3 Å². The maximum atomic E-state index is 11.1. The molecular weight excluding hydrogens is 302 g/mol. The van der Waals surface area contributed by atoms with E-state index in [1.165, 1.54) is 0 Å². The molecule has 1 atom stereocenters. The molecule has 24 heavy (non-hydrogen) atoms. The number of benzene rings is 1. The molecule has 130 valence electrons. The highest BCUT2D eigenvalue weighted by atomic mass is 16.1. The highest BCUT2D eigenvalue weighted by Gasteiger charge is 2.38. The van der Waals surface area contributed by atoms with Crippen LogP contribution in [-0.2, 0) is 10.3 Å². The normalized spacial score (nSPS) is 20.6. The van der Waals surface area contributed by atoms with Crippen molar-refractivity contribution in [1.29, 1.82) is 0 Å². The Bertz CT molecular complexity index is 772. The molecule has 1 aromatic heterocycles. The third-order valence-corrected chi connectivity index (χ3v) is 4.90. The van der Waals surface area contributed by atoms with Crippen molar-refractivity contribution in [2.24, 2.45) is 11.1 Å². The molecule has 1 fully saturated rings. The topological polar surface area (TPSA) is 76.2 Å². The largest absolute Gasteiger partial charge is 0.367 e. The zero-order valence-corrected chi connectivity index (χ0v) is 15.1. The average molecular weight is 329 g/mol. The second kappa shape index (κ2) is 5.48. The number of rotatable bonds is 3. The van der Waals surface area contributed by atoms with Crippen molar-refractivity contribution in [3.63, 3.8) is 0 Å². The number of amides is 1. The minimum absolute atomic E-state index is 0.0284. The van der Waals surface area contributed by atoms with Gasteiger partial charge in [0.1, 0.15) is 0 Å². The first kappa shape index (κ1) is 16.8. The molecule has 1 aromatic carbocycles. The first-order valence-electron chi connectivity index (χ1n) is 8.37. The summed E-state index contributed by atoms with van der Waals surface area (Å²) in [5, 5.41) is 8.59. The highest BCUT2D eigenvalue weighted by Crippen LogP contribution is 2.40. The molecule has 1 saturated heterocycles. The molecular formula is C18H27N5O. The summed E-state index contributed by atoms with van der Waals surface area (Å²) >= 11 is 0. The van der Waals surface area contributed by atoms with Crippen LogP contribution < -0.4 is 16.0 Å². The van der Waals surface area contributed by atoms with Crippen molar-refractivity contribution in [3.05, 3.63) is 18.3 Å². The standard InChI is InChI=1S/C18H27N5O/c1-17(2,3)23-8-12-13(21-23)6-7-14(20-11-24)16(12)22-9-15(19)18(4,5)10-22/h6-8,11,15H,9-10,19H2,1-5H3,(H,20,24). The predicted octanol–water partition coefficient (Wildman–Crippen LogP) is 2.53. The molecule has 0 saturated carbocycles. The van der Waals surface area contributed by atoms with E-state index in [4.69, 9.17) is 10.8 Å². The Hall–Kier alpha value is -2.08. The van der Waals surface area contributed by atoms with Gasteiger partial charge in [-0.3, -0.25) is 9.48 Å². The summed E-state index contributed by atoms with van der Waals surface area (Å²) in [5.74, 6) is 0. The highest BCUT2D eigenvalue weighted by molar-refractivity contribution is 6.01. The van der Waals surface area contributed by atoms with E-state index in [2.05, 4.69) is 51.0 Å².